The van der Waals surface area contributed by atoms with E-state index in [4.69, 9.17) is 4.74 Å². The third-order valence-corrected chi connectivity index (χ3v) is 4.48. The molecule has 0 atom stereocenters. The summed E-state index contributed by atoms with van der Waals surface area (Å²) in [5, 5.41) is 0. The number of ether oxygens (including phenoxy) is 1. The minimum atomic E-state index is -0.426. The summed E-state index contributed by atoms with van der Waals surface area (Å²) in [4.78, 5) is 15.9. The van der Waals surface area contributed by atoms with Crippen molar-refractivity contribution >= 4 is 24.4 Å². The van der Waals surface area contributed by atoms with E-state index in [0.717, 1.165) is 15.7 Å². The summed E-state index contributed by atoms with van der Waals surface area (Å²) < 4.78 is 6.09. The second-order valence-corrected chi connectivity index (χ2v) is 5.96. The number of hydrogen-bond donors (Lipinski definition) is 0. The molecule has 0 saturated heterocycles. The molecule has 0 aliphatic carbocycles. The first kappa shape index (κ1) is 14.5. The van der Waals surface area contributed by atoms with E-state index >= 15 is 0 Å². The average molecular weight is 332 g/mol. The summed E-state index contributed by atoms with van der Waals surface area (Å²) in [6.07, 6.45) is 0. The number of rotatable bonds is 5. The standard InChI is InChI=1S/C16H15NO2Se/c1-17-15(14-10-6-3-7-11-14)20-16(18)19-12-13-8-4-2-5-9-13/h2-11H,12H2,1H3. The third-order valence-electron chi connectivity index (χ3n) is 2.60. The Hall–Kier alpha value is -1.90. The van der Waals surface area contributed by atoms with E-state index < -0.39 is 15.0 Å². The third kappa shape index (κ3) is 4.33. The topological polar surface area (TPSA) is 38.7 Å². The van der Waals surface area contributed by atoms with Gasteiger partial charge in [-0.3, -0.25) is 0 Å². The van der Waals surface area contributed by atoms with Crippen LogP contribution in [-0.2, 0) is 11.3 Å². The maximum absolute atomic E-state index is 11.9. The second-order valence-electron chi connectivity index (χ2n) is 4.02. The van der Waals surface area contributed by atoms with E-state index in [1.165, 1.54) is 0 Å². The molecule has 0 aliphatic rings. The van der Waals surface area contributed by atoms with E-state index in [9.17, 15) is 4.79 Å². The van der Waals surface area contributed by atoms with Crippen molar-refractivity contribution in [2.45, 2.75) is 6.61 Å². The molecule has 0 aromatic heterocycles. The molecule has 102 valence electrons. The fourth-order valence-corrected chi connectivity index (χ4v) is 2.94. The zero-order valence-electron chi connectivity index (χ0n) is 11.2. The molecule has 0 bridgehead atoms. The number of carbonyl (C=O) groups is 1. The summed E-state index contributed by atoms with van der Waals surface area (Å²) in [6.45, 7) is 0.313. The van der Waals surface area contributed by atoms with Crippen LogP contribution in [-0.4, -0.2) is 31.5 Å². The predicted molar refractivity (Wildman–Crippen MR) is 81.3 cm³/mol. The van der Waals surface area contributed by atoms with Crippen molar-refractivity contribution in [2.24, 2.45) is 4.99 Å². The molecule has 0 N–H and O–H groups in total. The van der Waals surface area contributed by atoms with Crippen molar-refractivity contribution in [1.29, 1.82) is 0 Å². The van der Waals surface area contributed by atoms with Crippen molar-refractivity contribution in [3.63, 3.8) is 0 Å². The zero-order valence-corrected chi connectivity index (χ0v) is 12.9. The molecule has 2 rings (SSSR count). The molecule has 0 aliphatic heterocycles. The van der Waals surface area contributed by atoms with E-state index in [2.05, 4.69) is 4.99 Å². The molecule has 0 heterocycles. The Morgan fingerprint density at radius 1 is 1.05 bits per heavy atom. The Bertz CT molecular complexity index is 582. The van der Waals surface area contributed by atoms with Crippen LogP contribution < -0.4 is 0 Å². The van der Waals surface area contributed by atoms with Gasteiger partial charge in [0.2, 0.25) is 0 Å². The van der Waals surface area contributed by atoms with Crippen LogP contribution in [0.1, 0.15) is 11.1 Å². The van der Waals surface area contributed by atoms with Gasteiger partial charge in [-0.15, -0.1) is 0 Å². The van der Waals surface area contributed by atoms with Gasteiger partial charge in [-0.25, -0.2) is 0 Å². The van der Waals surface area contributed by atoms with Gasteiger partial charge < -0.3 is 0 Å². The summed E-state index contributed by atoms with van der Waals surface area (Å²) >= 11 is -0.426. The second kappa shape index (κ2) is 7.63. The first-order valence-electron chi connectivity index (χ1n) is 6.20. The fourth-order valence-electron chi connectivity index (χ4n) is 1.64. The van der Waals surface area contributed by atoms with Crippen LogP contribution in [0.5, 0.6) is 0 Å². The predicted octanol–water partition coefficient (Wildman–Crippen LogP) is 3.10. The van der Waals surface area contributed by atoms with E-state index in [1.54, 1.807) is 7.05 Å². The minimum absolute atomic E-state index is 0.203. The number of hydrogen-bond acceptors (Lipinski definition) is 3. The van der Waals surface area contributed by atoms with Crippen molar-refractivity contribution in [3.05, 3.63) is 71.8 Å². The van der Waals surface area contributed by atoms with Crippen LogP contribution in [0.3, 0.4) is 0 Å². The zero-order chi connectivity index (χ0) is 14.2. The van der Waals surface area contributed by atoms with Gasteiger partial charge in [0.25, 0.3) is 0 Å². The molecule has 20 heavy (non-hydrogen) atoms. The molecule has 0 amide bonds. The summed E-state index contributed by atoms with van der Waals surface area (Å²) in [6, 6.07) is 19.4. The maximum atomic E-state index is 11.9. The number of benzene rings is 2. The van der Waals surface area contributed by atoms with Gasteiger partial charge in [0.1, 0.15) is 0 Å². The molecule has 2 aromatic carbocycles. The Balaban J connectivity index is 1.91. The van der Waals surface area contributed by atoms with Gasteiger partial charge in [-0.1, -0.05) is 0 Å². The van der Waals surface area contributed by atoms with Crippen LogP contribution in [0, 0.1) is 0 Å². The summed E-state index contributed by atoms with van der Waals surface area (Å²) in [5.74, 6) is 0. The van der Waals surface area contributed by atoms with Crippen LogP contribution in [0.2, 0.25) is 0 Å². The Kier molecular flexibility index (Phi) is 5.54. The van der Waals surface area contributed by atoms with Crippen LogP contribution in [0.4, 0.5) is 4.79 Å². The number of carbonyl (C=O) groups excluding carboxylic acids is 1. The van der Waals surface area contributed by atoms with Crippen LogP contribution in [0.25, 0.3) is 0 Å². The molecule has 2 aromatic rings. The molecule has 0 unspecified atom stereocenters. The van der Waals surface area contributed by atoms with Crippen molar-refractivity contribution in [2.75, 3.05) is 7.05 Å². The van der Waals surface area contributed by atoms with E-state index in [0.29, 0.717) is 6.61 Å². The Labute approximate surface area is 124 Å². The molecular formula is C16H15NO2Se. The number of nitrogens with zero attached hydrogens (tertiary/aromatic N) is 1. The van der Waals surface area contributed by atoms with Gasteiger partial charge in [-0.05, 0) is 0 Å². The molecular weight excluding hydrogens is 317 g/mol. The monoisotopic (exact) mass is 333 g/mol. The van der Waals surface area contributed by atoms with Gasteiger partial charge >= 0.3 is 124 Å². The molecule has 4 heteroatoms. The summed E-state index contributed by atoms with van der Waals surface area (Å²) in [7, 11) is 1.70. The average Bonchev–Trinajstić information content (AvgIpc) is 2.52. The molecule has 0 spiro atoms. The van der Waals surface area contributed by atoms with Crippen molar-refractivity contribution < 1.29 is 9.53 Å². The van der Waals surface area contributed by atoms with Crippen LogP contribution in [0.15, 0.2) is 65.7 Å². The van der Waals surface area contributed by atoms with Crippen LogP contribution >= 0.6 is 0 Å². The first-order chi connectivity index (χ1) is 9.79. The molecule has 0 saturated carbocycles. The quantitative estimate of drug-likeness (QED) is 0.623. The SMILES string of the molecule is CN=C([Se]C(=O)OCc1ccccc1)c1ccccc1. The van der Waals surface area contributed by atoms with Gasteiger partial charge in [0.15, 0.2) is 0 Å². The van der Waals surface area contributed by atoms with E-state index in [-0.39, 0.29) is 4.87 Å². The van der Waals surface area contributed by atoms with Crippen molar-refractivity contribution in [3.8, 4) is 0 Å². The normalized spacial score (nSPS) is 11.2. The number of aliphatic imine (C=N–C) groups is 1. The molecule has 3 nitrogen and oxygen atoms in total. The fraction of sp³-hybridized carbons (Fsp3) is 0.125. The Morgan fingerprint density at radius 3 is 2.25 bits per heavy atom. The van der Waals surface area contributed by atoms with Gasteiger partial charge in [0, 0.05) is 0 Å². The van der Waals surface area contributed by atoms with Crippen molar-refractivity contribution in [1.82, 2.24) is 0 Å². The summed E-state index contributed by atoms with van der Waals surface area (Å²) in [5.41, 5.74) is 1.97. The molecule has 0 fully saturated rings. The van der Waals surface area contributed by atoms with Gasteiger partial charge in [-0.2, -0.15) is 0 Å². The first-order valence-corrected chi connectivity index (χ1v) is 7.91. The Morgan fingerprint density at radius 2 is 1.65 bits per heavy atom. The van der Waals surface area contributed by atoms with Gasteiger partial charge in [0.05, 0.1) is 0 Å². The molecule has 0 radical (unpaired) electrons. The van der Waals surface area contributed by atoms with E-state index in [1.807, 2.05) is 60.7 Å².